The lowest BCUT2D eigenvalue weighted by molar-refractivity contribution is 0.224. The highest BCUT2D eigenvalue weighted by Crippen LogP contribution is 2.26. The van der Waals surface area contributed by atoms with E-state index in [1.54, 1.807) is 6.07 Å². The van der Waals surface area contributed by atoms with Gasteiger partial charge in [-0.3, -0.25) is 0 Å². The van der Waals surface area contributed by atoms with E-state index in [0.717, 1.165) is 11.1 Å². The van der Waals surface area contributed by atoms with Crippen LogP contribution >= 0.6 is 0 Å². The Morgan fingerprint density at radius 3 is 2.45 bits per heavy atom. The second-order valence-electron chi connectivity index (χ2n) is 5.10. The lowest BCUT2D eigenvalue weighted by Gasteiger charge is -2.18. The van der Waals surface area contributed by atoms with Gasteiger partial charge in [0, 0.05) is 6.04 Å². The van der Waals surface area contributed by atoms with E-state index in [9.17, 15) is 4.39 Å². The number of rotatable bonds is 5. The van der Waals surface area contributed by atoms with Crippen molar-refractivity contribution >= 4 is 0 Å². The summed E-state index contributed by atoms with van der Waals surface area (Å²) in [4.78, 5) is 0. The van der Waals surface area contributed by atoms with Crippen molar-refractivity contribution < 1.29 is 9.13 Å². The molecule has 2 aromatic carbocycles. The fourth-order valence-electron chi connectivity index (χ4n) is 2.15. The Morgan fingerprint density at radius 1 is 1.10 bits per heavy atom. The van der Waals surface area contributed by atoms with Crippen molar-refractivity contribution in [1.82, 2.24) is 0 Å². The predicted molar refractivity (Wildman–Crippen MR) is 79.2 cm³/mol. The van der Waals surface area contributed by atoms with Crippen molar-refractivity contribution in [3.63, 3.8) is 0 Å². The van der Waals surface area contributed by atoms with Gasteiger partial charge in [-0.25, -0.2) is 4.39 Å². The molecule has 20 heavy (non-hydrogen) atoms. The highest BCUT2D eigenvalue weighted by molar-refractivity contribution is 5.35. The molecule has 0 aliphatic carbocycles. The molecule has 2 N–H and O–H groups in total. The molecule has 0 aliphatic heterocycles. The molecular formula is C17H20FNO. The molecule has 3 heteroatoms. The van der Waals surface area contributed by atoms with Crippen molar-refractivity contribution in [2.75, 3.05) is 0 Å². The van der Waals surface area contributed by atoms with Crippen LogP contribution in [0.5, 0.6) is 5.75 Å². The number of hydrogen-bond donors (Lipinski definition) is 1. The van der Waals surface area contributed by atoms with Crippen molar-refractivity contribution in [1.29, 1.82) is 0 Å². The minimum Gasteiger partial charge on any atom is -0.486 e. The lowest BCUT2D eigenvalue weighted by Crippen LogP contribution is -2.18. The zero-order chi connectivity index (χ0) is 14.5. The van der Waals surface area contributed by atoms with E-state index in [-0.39, 0.29) is 18.0 Å². The summed E-state index contributed by atoms with van der Waals surface area (Å²) < 4.78 is 19.3. The monoisotopic (exact) mass is 273 g/mol. The SMILES string of the molecule is CC(N)Cc1cc(F)ccc1OC(C)c1ccccc1. The topological polar surface area (TPSA) is 35.2 Å². The highest BCUT2D eigenvalue weighted by atomic mass is 19.1. The molecule has 0 saturated heterocycles. The van der Waals surface area contributed by atoms with Crippen LogP contribution in [-0.4, -0.2) is 6.04 Å². The first-order chi connectivity index (χ1) is 9.56. The Kier molecular flexibility index (Phi) is 4.74. The average Bonchev–Trinajstić information content (AvgIpc) is 2.42. The average molecular weight is 273 g/mol. The number of benzene rings is 2. The van der Waals surface area contributed by atoms with Gasteiger partial charge in [0.2, 0.25) is 0 Å². The van der Waals surface area contributed by atoms with Crippen LogP contribution < -0.4 is 10.5 Å². The van der Waals surface area contributed by atoms with E-state index in [4.69, 9.17) is 10.5 Å². The first kappa shape index (κ1) is 14.5. The molecule has 0 saturated carbocycles. The molecule has 2 aromatic rings. The molecule has 2 unspecified atom stereocenters. The zero-order valence-corrected chi connectivity index (χ0v) is 11.8. The van der Waals surface area contributed by atoms with Gasteiger partial charge in [-0.1, -0.05) is 30.3 Å². The Balaban J connectivity index is 2.20. The summed E-state index contributed by atoms with van der Waals surface area (Å²) in [7, 11) is 0. The molecule has 0 radical (unpaired) electrons. The van der Waals surface area contributed by atoms with E-state index >= 15 is 0 Å². The maximum atomic E-state index is 13.4. The smallest absolute Gasteiger partial charge is 0.123 e. The number of halogens is 1. The van der Waals surface area contributed by atoms with Gasteiger partial charge in [-0.15, -0.1) is 0 Å². The molecular weight excluding hydrogens is 253 g/mol. The van der Waals surface area contributed by atoms with Crippen LogP contribution in [0.2, 0.25) is 0 Å². The van der Waals surface area contributed by atoms with E-state index < -0.39 is 0 Å². The Bertz CT molecular complexity index is 554. The fraction of sp³-hybridized carbons (Fsp3) is 0.294. The molecule has 2 rings (SSSR count). The van der Waals surface area contributed by atoms with Crippen LogP contribution in [0, 0.1) is 5.82 Å². The summed E-state index contributed by atoms with van der Waals surface area (Å²) in [6, 6.07) is 14.5. The van der Waals surface area contributed by atoms with Crippen LogP contribution in [0.15, 0.2) is 48.5 Å². The van der Waals surface area contributed by atoms with Crippen molar-refractivity contribution in [2.24, 2.45) is 5.73 Å². The minimum atomic E-state index is -0.264. The highest BCUT2D eigenvalue weighted by Gasteiger charge is 2.12. The first-order valence-electron chi connectivity index (χ1n) is 6.82. The van der Waals surface area contributed by atoms with Crippen molar-refractivity contribution in [2.45, 2.75) is 32.4 Å². The quantitative estimate of drug-likeness (QED) is 0.898. The molecule has 2 nitrogen and oxygen atoms in total. The standard InChI is InChI=1S/C17H20FNO/c1-12(19)10-15-11-16(18)8-9-17(15)20-13(2)14-6-4-3-5-7-14/h3-9,11-13H,10,19H2,1-2H3. The third-order valence-corrected chi connectivity index (χ3v) is 3.14. The van der Waals surface area contributed by atoms with Gasteiger partial charge in [0.25, 0.3) is 0 Å². The molecule has 0 amide bonds. The van der Waals surface area contributed by atoms with E-state index in [0.29, 0.717) is 12.2 Å². The lowest BCUT2D eigenvalue weighted by atomic mass is 10.1. The second kappa shape index (κ2) is 6.53. The van der Waals surface area contributed by atoms with Crippen LogP contribution in [-0.2, 0) is 6.42 Å². The van der Waals surface area contributed by atoms with Gasteiger partial charge < -0.3 is 10.5 Å². The van der Waals surface area contributed by atoms with Gasteiger partial charge >= 0.3 is 0 Å². The minimum absolute atomic E-state index is 0.0359. The van der Waals surface area contributed by atoms with Crippen molar-refractivity contribution in [3.8, 4) is 5.75 Å². The molecule has 0 heterocycles. The molecule has 0 aromatic heterocycles. The van der Waals surface area contributed by atoms with Crippen LogP contribution in [0.1, 0.15) is 31.1 Å². The maximum absolute atomic E-state index is 13.4. The van der Waals surface area contributed by atoms with E-state index in [1.165, 1.54) is 12.1 Å². The zero-order valence-electron chi connectivity index (χ0n) is 11.8. The van der Waals surface area contributed by atoms with Gasteiger partial charge in [0.05, 0.1) is 0 Å². The molecule has 0 aliphatic rings. The Labute approximate surface area is 119 Å². The summed E-state index contributed by atoms with van der Waals surface area (Å²) in [6.45, 7) is 3.88. The Morgan fingerprint density at radius 2 is 1.80 bits per heavy atom. The van der Waals surface area contributed by atoms with Gasteiger partial charge in [0.1, 0.15) is 17.7 Å². The number of nitrogens with two attached hydrogens (primary N) is 1. The summed E-state index contributed by atoms with van der Waals surface area (Å²) in [5.41, 5.74) is 7.70. The van der Waals surface area contributed by atoms with Crippen LogP contribution in [0.3, 0.4) is 0 Å². The second-order valence-corrected chi connectivity index (χ2v) is 5.10. The first-order valence-corrected chi connectivity index (χ1v) is 6.82. The van der Waals surface area contributed by atoms with Gasteiger partial charge in [-0.05, 0) is 49.6 Å². The normalized spacial score (nSPS) is 13.8. The van der Waals surface area contributed by atoms with E-state index in [1.807, 2.05) is 44.2 Å². The summed E-state index contributed by atoms with van der Waals surface area (Å²) >= 11 is 0. The maximum Gasteiger partial charge on any atom is 0.123 e. The summed E-state index contributed by atoms with van der Waals surface area (Å²) in [5.74, 6) is 0.431. The Hall–Kier alpha value is -1.87. The van der Waals surface area contributed by atoms with Crippen molar-refractivity contribution in [3.05, 3.63) is 65.5 Å². The fourth-order valence-corrected chi connectivity index (χ4v) is 2.15. The third kappa shape index (κ3) is 3.81. The predicted octanol–water partition coefficient (Wildman–Crippen LogP) is 3.86. The van der Waals surface area contributed by atoms with Crippen LogP contribution in [0.25, 0.3) is 0 Å². The summed E-state index contributed by atoms with van der Waals surface area (Å²) in [5, 5.41) is 0. The van der Waals surface area contributed by atoms with Crippen LogP contribution in [0.4, 0.5) is 4.39 Å². The number of hydrogen-bond acceptors (Lipinski definition) is 2. The van der Waals surface area contributed by atoms with Gasteiger partial charge in [-0.2, -0.15) is 0 Å². The molecule has 106 valence electrons. The van der Waals surface area contributed by atoms with E-state index in [2.05, 4.69) is 0 Å². The number of ether oxygens (including phenoxy) is 1. The largest absolute Gasteiger partial charge is 0.486 e. The third-order valence-electron chi connectivity index (χ3n) is 3.14. The van der Waals surface area contributed by atoms with Gasteiger partial charge in [0.15, 0.2) is 0 Å². The summed E-state index contributed by atoms with van der Waals surface area (Å²) in [6.07, 6.45) is 0.503. The molecule has 2 atom stereocenters. The molecule has 0 bridgehead atoms. The molecule has 0 fully saturated rings. The molecule has 0 spiro atoms.